The molecule has 0 aromatic heterocycles. The summed E-state index contributed by atoms with van der Waals surface area (Å²) in [4.78, 5) is 23.8. The predicted octanol–water partition coefficient (Wildman–Crippen LogP) is 2.37. The van der Waals surface area contributed by atoms with Crippen LogP contribution >= 0.6 is 0 Å². The van der Waals surface area contributed by atoms with Gasteiger partial charge >= 0.3 is 0 Å². The zero-order chi connectivity index (χ0) is 16.9. The lowest BCUT2D eigenvalue weighted by molar-refractivity contribution is -0.126. The first-order valence-corrected chi connectivity index (χ1v) is 7.62. The van der Waals surface area contributed by atoms with E-state index in [1.807, 2.05) is 37.3 Å². The Bertz CT molecular complexity index is 773. The van der Waals surface area contributed by atoms with E-state index >= 15 is 0 Å². The zero-order valence-corrected chi connectivity index (χ0v) is 13.3. The summed E-state index contributed by atoms with van der Waals surface area (Å²) in [7, 11) is 0. The fourth-order valence-electron chi connectivity index (χ4n) is 2.37. The molecule has 0 bridgehead atoms. The van der Waals surface area contributed by atoms with Gasteiger partial charge < -0.3 is 20.1 Å². The molecule has 0 saturated heterocycles. The molecule has 2 aromatic carbocycles. The van der Waals surface area contributed by atoms with Gasteiger partial charge in [-0.1, -0.05) is 24.3 Å². The quantitative estimate of drug-likeness (QED) is 0.827. The van der Waals surface area contributed by atoms with Crippen LogP contribution in [0.4, 0.5) is 5.69 Å². The van der Waals surface area contributed by atoms with Gasteiger partial charge in [-0.25, -0.2) is 0 Å². The van der Waals surface area contributed by atoms with E-state index in [1.54, 1.807) is 12.1 Å². The number of hydrogen-bond donors (Lipinski definition) is 2. The monoisotopic (exact) mass is 326 g/mol. The molecule has 124 valence electrons. The van der Waals surface area contributed by atoms with Crippen LogP contribution in [0.25, 0.3) is 0 Å². The second-order valence-corrected chi connectivity index (χ2v) is 5.50. The van der Waals surface area contributed by atoms with E-state index < -0.39 is 0 Å². The highest BCUT2D eigenvalue weighted by atomic mass is 16.7. The van der Waals surface area contributed by atoms with E-state index in [2.05, 4.69) is 10.6 Å². The molecule has 0 atom stereocenters. The minimum Gasteiger partial charge on any atom is -0.454 e. The molecule has 0 spiro atoms. The van der Waals surface area contributed by atoms with Crippen LogP contribution < -0.4 is 20.1 Å². The Balaban J connectivity index is 1.49. The lowest BCUT2D eigenvalue weighted by atomic mass is 10.2. The van der Waals surface area contributed by atoms with Crippen LogP contribution in [0.2, 0.25) is 0 Å². The Morgan fingerprint density at radius 1 is 1.04 bits per heavy atom. The van der Waals surface area contributed by atoms with Crippen LogP contribution in [-0.2, 0) is 16.1 Å². The van der Waals surface area contributed by atoms with Gasteiger partial charge in [0.1, 0.15) is 6.42 Å². The Kier molecular flexibility index (Phi) is 4.65. The second kappa shape index (κ2) is 7.04. The van der Waals surface area contributed by atoms with Gasteiger partial charge in [-0.3, -0.25) is 9.59 Å². The van der Waals surface area contributed by atoms with E-state index in [4.69, 9.17) is 9.47 Å². The topological polar surface area (TPSA) is 76.7 Å². The molecule has 3 rings (SSSR count). The van der Waals surface area contributed by atoms with Crippen molar-refractivity contribution in [2.45, 2.75) is 19.9 Å². The molecule has 2 aromatic rings. The molecule has 1 aliphatic rings. The Labute approximate surface area is 139 Å². The minimum absolute atomic E-state index is 0.213. The lowest BCUT2D eigenvalue weighted by Gasteiger charge is -2.09. The summed E-state index contributed by atoms with van der Waals surface area (Å²) in [5, 5.41) is 5.46. The molecule has 1 heterocycles. The van der Waals surface area contributed by atoms with Crippen molar-refractivity contribution in [2.75, 3.05) is 12.1 Å². The average Bonchev–Trinajstić information content (AvgIpc) is 3.02. The van der Waals surface area contributed by atoms with Gasteiger partial charge in [-0.2, -0.15) is 0 Å². The fourth-order valence-corrected chi connectivity index (χ4v) is 2.37. The third-order valence-corrected chi connectivity index (χ3v) is 3.67. The van der Waals surface area contributed by atoms with Gasteiger partial charge in [0, 0.05) is 12.2 Å². The summed E-state index contributed by atoms with van der Waals surface area (Å²) in [6.45, 7) is 2.44. The number of amides is 2. The van der Waals surface area contributed by atoms with Crippen LogP contribution in [0.1, 0.15) is 17.5 Å². The molecular weight excluding hydrogens is 308 g/mol. The van der Waals surface area contributed by atoms with Gasteiger partial charge in [-0.15, -0.1) is 0 Å². The summed E-state index contributed by atoms with van der Waals surface area (Å²) in [5.74, 6) is 0.688. The first-order chi connectivity index (χ1) is 11.6. The summed E-state index contributed by atoms with van der Waals surface area (Å²) >= 11 is 0. The van der Waals surface area contributed by atoms with E-state index in [1.165, 1.54) is 0 Å². The van der Waals surface area contributed by atoms with Crippen LogP contribution in [0.3, 0.4) is 0 Å². The molecule has 2 amide bonds. The molecule has 6 heteroatoms. The molecule has 1 aliphatic heterocycles. The first kappa shape index (κ1) is 15.9. The molecule has 2 N–H and O–H groups in total. The third-order valence-electron chi connectivity index (χ3n) is 3.67. The number of nitrogens with one attached hydrogen (secondary N) is 2. The second-order valence-electron chi connectivity index (χ2n) is 5.50. The smallest absolute Gasteiger partial charge is 0.233 e. The predicted molar refractivity (Wildman–Crippen MR) is 88.8 cm³/mol. The first-order valence-electron chi connectivity index (χ1n) is 7.62. The fraction of sp³-hybridized carbons (Fsp3) is 0.222. The zero-order valence-electron chi connectivity index (χ0n) is 13.3. The van der Waals surface area contributed by atoms with Crippen molar-refractivity contribution in [3.05, 3.63) is 53.6 Å². The van der Waals surface area contributed by atoms with Crippen molar-refractivity contribution in [1.82, 2.24) is 5.32 Å². The number of benzene rings is 2. The highest BCUT2D eigenvalue weighted by Crippen LogP contribution is 2.32. The SMILES string of the molecule is Cc1ccccc1NC(=O)CC(=O)NCc1ccc2c(c1)OCO2. The Morgan fingerprint density at radius 3 is 2.67 bits per heavy atom. The van der Waals surface area contributed by atoms with Gasteiger partial charge in [0.2, 0.25) is 18.6 Å². The van der Waals surface area contributed by atoms with E-state index in [-0.39, 0.29) is 25.0 Å². The average molecular weight is 326 g/mol. The van der Waals surface area contributed by atoms with Crippen LogP contribution in [0.15, 0.2) is 42.5 Å². The van der Waals surface area contributed by atoms with Gasteiger partial charge in [0.05, 0.1) is 0 Å². The number of fused-ring (bicyclic) bond motifs is 1. The van der Waals surface area contributed by atoms with Crippen molar-refractivity contribution < 1.29 is 19.1 Å². The number of carbonyl (C=O) groups is 2. The van der Waals surface area contributed by atoms with Crippen molar-refractivity contribution in [2.24, 2.45) is 0 Å². The number of anilines is 1. The van der Waals surface area contributed by atoms with E-state index in [0.29, 0.717) is 23.7 Å². The number of hydrogen-bond acceptors (Lipinski definition) is 4. The number of rotatable bonds is 5. The van der Waals surface area contributed by atoms with Gasteiger partial charge in [0.15, 0.2) is 11.5 Å². The maximum absolute atomic E-state index is 11.9. The molecule has 0 radical (unpaired) electrons. The highest BCUT2D eigenvalue weighted by Gasteiger charge is 2.14. The van der Waals surface area contributed by atoms with Gasteiger partial charge in [0.25, 0.3) is 0 Å². The summed E-state index contributed by atoms with van der Waals surface area (Å²) in [5.41, 5.74) is 2.55. The maximum atomic E-state index is 11.9. The number of aryl methyl sites for hydroxylation is 1. The van der Waals surface area contributed by atoms with Crippen LogP contribution in [0, 0.1) is 6.92 Å². The van der Waals surface area contributed by atoms with Crippen molar-refractivity contribution >= 4 is 17.5 Å². The number of ether oxygens (including phenoxy) is 2. The molecule has 0 aliphatic carbocycles. The van der Waals surface area contributed by atoms with Crippen LogP contribution in [0.5, 0.6) is 11.5 Å². The summed E-state index contributed by atoms with van der Waals surface area (Å²) in [6, 6.07) is 12.9. The normalized spacial score (nSPS) is 11.9. The molecule has 0 saturated carbocycles. The number of carbonyl (C=O) groups excluding carboxylic acids is 2. The third kappa shape index (κ3) is 3.84. The van der Waals surface area contributed by atoms with Crippen LogP contribution in [-0.4, -0.2) is 18.6 Å². The van der Waals surface area contributed by atoms with Crippen molar-refractivity contribution in [3.63, 3.8) is 0 Å². The van der Waals surface area contributed by atoms with Crippen molar-refractivity contribution in [3.8, 4) is 11.5 Å². The van der Waals surface area contributed by atoms with E-state index in [9.17, 15) is 9.59 Å². The summed E-state index contributed by atoms with van der Waals surface area (Å²) in [6.07, 6.45) is -0.223. The van der Waals surface area contributed by atoms with Gasteiger partial charge in [-0.05, 0) is 36.2 Å². The summed E-state index contributed by atoms with van der Waals surface area (Å²) < 4.78 is 10.5. The molecule has 0 fully saturated rings. The molecule has 24 heavy (non-hydrogen) atoms. The number of para-hydroxylation sites is 1. The Hall–Kier alpha value is -3.02. The lowest BCUT2D eigenvalue weighted by Crippen LogP contribution is -2.27. The van der Waals surface area contributed by atoms with Crippen molar-refractivity contribution in [1.29, 1.82) is 0 Å². The Morgan fingerprint density at radius 2 is 1.83 bits per heavy atom. The molecular formula is C18H18N2O4. The molecule has 6 nitrogen and oxygen atoms in total. The van der Waals surface area contributed by atoms with E-state index in [0.717, 1.165) is 11.1 Å². The highest BCUT2D eigenvalue weighted by molar-refractivity contribution is 6.03. The largest absolute Gasteiger partial charge is 0.454 e. The maximum Gasteiger partial charge on any atom is 0.233 e. The standard InChI is InChI=1S/C18H18N2O4/c1-12-4-2-3-5-14(12)20-18(22)9-17(21)19-10-13-6-7-15-16(8-13)24-11-23-15/h2-8H,9-11H2,1H3,(H,19,21)(H,20,22). The molecule has 0 unspecified atom stereocenters. The minimum atomic E-state index is -0.340.